The minimum Gasteiger partial charge on any atom is -0.372 e. The summed E-state index contributed by atoms with van der Waals surface area (Å²) in [5.74, 6) is -1.95. The summed E-state index contributed by atoms with van der Waals surface area (Å²) >= 11 is 12.1. The van der Waals surface area contributed by atoms with E-state index in [4.69, 9.17) is 28.6 Å². The van der Waals surface area contributed by atoms with E-state index in [2.05, 4.69) is 24.1 Å². The van der Waals surface area contributed by atoms with E-state index in [0.29, 0.717) is 16.3 Å². The average Bonchev–Trinajstić information content (AvgIpc) is 2.72. The number of halogens is 2. The van der Waals surface area contributed by atoms with Crippen LogP contribution < -0.4 is 10.2 Å². The molecule has 1 unspecified atom stereocenters. The number of Topliss-reactive ketones (excluding diaryl/α,β-unsaturated/α-hetero) is 1. The highest BCUT2D eigenvalue weighted by Crippen LogP contribution is 2.31. The first-order valence-electron chi connectivity index (χ1n) is 9.81. The third-order valence-corrected chi connectivity index (χ3v) is 5.61. The number of anilines is 2. The summed E-state index contributed by atoms with van der Waals surface area (Å²) in [6.45, 7) is 9.10. The van der Waals surface area contributed by atoms with Crippen LogP contribution in [0, 0.1) is 10.8 Å². The Balaban J connectivity index is 2.43. The molecule has 30 heavy (non-hydrogen) atoms. The minimum atomic E-state index is -1.09. The lowest BCUT2D eigenvalue weighted by Gasteiger charge is -2.26. The van der Waals surface area contributed by atoms with Crippen LogP contribution in [-0.4, -0.2) is 31.0 Å². The summed E-state index contributed by atoms with van der Waals surface area (Å²) in [6, 6.07) is 12.1. The van der Waals surface area contributed by atoms with E-state index in [1.54, 1.807) is 38.1 Å². The van der Waals surface area contributed by atoms with Gasteiger partial charge in [0.05, 0.1) is 16.1 Å². The van der Waals surface area contributed by atoms with Gasteiger partial charge in [0.1, 0.15) is 5.92 Å². The molecular formula is C23H27Cl2N3O2. The van der Waals surface area contributed by atoms with Crippen LogP contribution >= 0.6 is 23.2 Å². The lowest BCUT2D eigenvalue weighted by atomic mass is 9.78. The smallest absolute Gasteiger partial charge is 0.239 e. The largest absolute Gasteiger partial charge is 0.372 e. The second-order valence-corrected chi connectivity index (χ2v) is 8.38. The molecule has 0 aliphatic carbocycles. The standard InChI is InChI=1S/C23H27Cl2N3O2/c1-5-28(6-2)17-10-7-15(8-11-17)20(21(29)23(3,4)14-26)22(30)27-19-12-9-16(24)13-18(19)25/h7-14,20,26H,5-6H2,1-4H3,(H,27,30). The second-order valence-electron chi connectivity index (χ2n) is 7.54. The molecule has 0 heterocycles. The number of hydrogen-bond acceptors (Lipinski definition) is 4. The molecule has 0 radical (unpaired) electrons. The van der Waals surface area contributed by atoms with Crippen LogP contribution in [-0.2, 0) is 9.59 Å². The Morgan fingerprint density at radius 1 is 1.10 bits per heavy atom. The van der Waals surface area contributed by atoms with Crippen molar-refractivity contribution in [2.45, 2.75) is 33.6 Å². The zero-order chi connectivity index (χ0) is 22.5. The van der Waals surface area contributed by atoms with Gasteiger partial charge in [0, 0.05) is 30.0 Å². The molecule has 5 nitrogen and oxygen atoms in total. The predicted octanol–water partition coefficient (Wildman–Crippen LogP) is 5.81. The summed E-state index contributed by atoms with van der Waals surface area (Å²) < 4.78 is 0. The normalized spacial score (nSPS) is 12.2. The van der Waals surface area contributed by atoms with E-state index in [1.165, 1.54) is 6.07 Å². The molecule has 0 bridgehead atoms. The van der Waals surface area contributed by atoms with Crippen molar-refractivity contribution in [2.24, 2.45) is 5.41 Å². The zero-order valence-corrected chi connectivity index (χ0v) is 19.1. The molecule has 2 aromatic rings. The highest BCUT2D eigenvalue weighted by molar-refractivity contribution is 6.37. The fourth-order valence-electron chi connectivity index (χ4n) is 3.13. The molecule has 1 amide bonds. The minimum absolute atomic E-state index is 0.283. The number of carbonyl (C=O) groups is 2. The van der Waals surface area contributed by atoms with Crippen LogP contribution in [0.4, 0.5) is 11.4 Å². The molecule has 0 spiro atoms. The summed E-state index contributed by atoms with van der Waals surface area (Å²) in [5.41, 5.74) is 0.857. The summed E-state index contributed by atoms with van der Waals surface area (Å²) in [7, 11) is 0. The average molecular weight is 448 g/mol. The summed E-state index contributed by atoms with van der Waals surface area (Å²) in [4.78, 5) is 28.6. The number of carbonyl (C=O) groups excluding carboxylic acids is 2. The third-order valence-electron chi connectivity index (χ3n) is 5.06. The van der Waals surface area contributed by atoms with Gasteiger partial charge in [-0.15, -0.1) is 0 Å². The molecule has 0 aliphatic rings. The lowest BCUT2D eigenvalue weighted by Crippen LogP contribution is -2.37. The summed E-state index contributed by atoms with van der Waals surface area (Å²) in [5, 5.41) is 11.1. The Morgan fingerprint density at radius 2 is 1.70 bits per heavy atom. The molecule has 0 saturated carbocycles. The Morgan fingerprint density at radius 3 is 2.20 bits per heavy atom. The molecule has 0 saturated heterocycles. The van der Waals surface area contributed by atoms with Gasteiger partial charge < -0.3 is 15.6 Å². The maximum Gasteiger partial charge on any atom is 0.239 e. The van der Waals surface area contributed by atoms with E-state index >= 15 is 0 Å². The Hall–Kier alpha value is -2.37. The third kappa shape index (κ3) is 5.41. The number of hydrogen-bond donors (Lipinski definition) is 2. The molecular weight excluding hydrogens is 421 g/mol. The molecule has 0 aliphatic heterocycles. The van der Waals surface area contributed by atoms with E-state index in [-0.39, 0.29) is 10.8 Å². The molecule has 2 rings (SSSR count). The number of nitrogens with zero attached hydrogens (tertiary/aromatic N) is 1. The Bertz CT molecular complexity index is 923. The van der Waals surface area contributed by atoms with E-state index in [0.717, 1.165) is 25.0 Å². The first kappa shape index (κ1) is 23.9. The molecule has 2 aromatic carbocycles. The van der Waals surface area contributed by atoms with Gasteiger partial charge in [-0.2, -0.15) is 0 Å². The first-order chi connectivity index (χ1) is 14.1. The maximum atomic E-state index is 13.2. The topological polar surface area (TPSA) is 73.3 Å². The van der Waals surface area contributed by atoms with Gasteiger partial charge in [-0.3, -0.25) is 9.59 Å². The number of amides is 1. The van der Waals surface area contributed by atoms with Gasteiger partial charge in [0.25, 0.3) is 0 Å². The maximum absolute atomic E-state index is 13.2. The van der Waals surface area contributed by atoms with Crippen molar-refractivity contribution in [1.29, 1.82) is 5.41 Å². The predicted molar refractivity (Wildman–Crippen MR) is 125 cm³/mol. The van der Waals surface area contributed by atoms with E-state index < -0.39 is 17.2 Å². The number of nitrogens with one attached hydrogen (secondary N) is 2. The molecule has 1 atom stereocenters. The van der Waals surface area contributed by atoms with Gasteiger partial charge in [-0.05, 0) is 63.6 Å². The van der Waals surface area contributed by atoms with Gasteiger partial charge in [0.2, 0.25) is 5.91 Å². The zero-order valence-electron chi connectivity index (χ0n) is 17.6. The van der Waals surface area contributed by atoms with Crippen LogP contribution in [0.5, 0.6) is 0 Å². The van der Waals surface area contributed by atoms with Crippen LogP contribution in [0.15, 0.2) is 42.5 Å². The monoisotopic (exact) mass is 447 g/mol. The molecule has 7 heteroatoms. The van der Waals surface area contributed by atoms with Crippen molar-refractivity contribution in [1.82, 2.24) is 0 Å². The fraction of sp³-hybridized carbons (Fsp3) is 0.348. The van der Waals surface area contributed by atoms with Gasteiger partial charge in [0.15, 0.2) is 5.78 Å². The van der Waals surface area contributed by atoms with Crippen LogP contribution in [0.2, 0.25) is 10.0 Å². The van der Waals surface area contributed by atoms with Crippen LogP contribution in [0.3, 0.4) is 0 Å². The number of rotatable bonds is 9. The van der Waals surface area contributed by atoms with Crippen molar-refractivity contribution >= 4 is 52.5 Å². The van der Waals surface area contributed by atoms with Crippen LogP contribution in [0.1, 0.15) is 39.2 Å². The molecule has 0 fully saturated rings. The second kappa shape index (κ2) is 10.1. The highest BCUT2D eigenvalue weighted by Gasteiger charge is 2.37. The SMILES string of the molecule is CCN(CC)c1ccc(C(C(=O)Nc2ccc(Cl)cc2Cl)C(=O)C(C)(C)C=N)cc1. The Kier molecular flexibility index (Phi) is 8.04. The van der Waals surface area contributed by atoms with Crippen molar-refractivity contribution in [3.8, 4) is 0 Å². The first-order valence-corrected chi connectivity index (χ1v) is 10.6. The molecule has 0 aromatic heterocycles. The molecule has 160 valence electrons. The van der Waals surface area contributed by atoms with Crippen molar-refractivity contribution in [3.63, 3.8) is 0 Å². The van der Waals surface area contributed by atoms with E-state index in [1.807, 2.05) is 12.1 Å². The van der Waals surface area contributed by atoms with Gasteiger partial charge >= 0.3 is 0 Å². The van der Waals surface area contributed by atoms with Crippen molar-refractivity contribution in [3.05, 3.63) is 58.1 Å². The van der Waals surface area contributed by atoms with E-state index in [9.17, 15) is 9.59 Å². The van der Waals surface area contributed by atoms with Crippen molar-refractivity contribution < 1.29 is 9.59 Å². The number of benzene rings is 2. The highest BCUT2D eigenvalue weighted by atomic mass is 35.5. The van der Waals surface area contributed by atoms with Crippen molar-refractivity contribution in [2.75, 3.05) is 23.3 Å². The Labute approximate surface area is 187 Å². The fourth-order valence-corrected chi connectivity index (χ4v) is 3.58. The van der Waals surface area contributed by atoms with Crippen LogP contribution in [0.25, 0.3) is 0 Å². The molecule has 2 N–H and O–H groups in total. The lowest BCUT2D eigenvalue weighted by molar-refractivity contribution is -0.131. The van der Waals surface area contributed by atoms with Gasteiger partial charge in [-0.25, -0.2) is 0 Å². The van der Waals surface area contributed by atoms with Gasteiger partial charge in [-0.1, -0.05) is 35.3 Å². The number of ketones is 1. The summed E-state index contributed by atoms with van der Waals surface area (Å²) in [6.07, 6.45) is 1.06. The quantitative estimate of drug-likeness (QED) is 0.376.